The summed E-state index contributed by atoms with van der Waals surface area (Å²) in [4.78, 5) is 43.3. The number of urea groups is 1. The van der Waals surface area contributed by atoms with Crippen LogP contribution in [0.4, 0.5) is 4.79 Å². The van der Waals surface area contributed by atoms with Crippen molar-refractivity contribution in [3.05, 3.63) is 30.1 Å². The number of hydrogen-bond acceptors (Lipinski definition) is 6. The summed E-state index contributed by atoms with van der Waals surface area (Å²) in [5.41, 5.74) is 0.934. The van der Waals surface area contributed by atoms with Crippen molar-refractivity contribution in [2.24, 2.45) is 0 Å². The number of morpholine rings is 1. The summed E-state index contributed by atoms with van der Waals surface area (Å²) in [7, 11) is 0. The van der Waals surface area contributed by atoms with E-state index in [-0.39, 0.29) is 31.0 Å². The highest BCUT2D eigenvalue weighted by Gasteiger charge is 2.28. The lowest BCUT2D eigenvalue weighted by Crippen LogP contribution is -2.55. The fourth-order valence-electron chi connectivity index (χ4n) is 3.57. The van der Waals surface area contributed by atoms with Crippen molar-refractivity contribution < 1.29 is 24.2 Å². The van der Waals surface area contributed by atoms with Gasteiger partial charge >= 0.3 is 6.03 Å². The second-order valence-electron chi connectivity index (χ2n) is 7.01. The van der Waals surface area contributed by atoms with Gasteiger partial charge in [-0.2, -0.15) is 0 Å². The zero-order valence-corrected chi connectivity index (χ0v) is 17.4. The number of carbonyl (C=O) groups is 3. The summed E-state index contributed by atoms with van der Waals surface area (Å²) < 4.78 is 5.45. The number of amides is 3. The summed E-state index contributed by atoms with van der Waals surface area (Å²) in [6.45, 7) is 7.34. The van der Waals surface area contributed by atoms with E-state index in [2.05, 4.69) is 22.1 Å². The topological polar surface area (TPSA) is 115 Å². The van der Waals surface area contributed by atoms with E-state index in [1.807, 2.05) is 23.1 Å². The molecule has 3 amide bonds. The van der Waals surface area contributed by atoms with E-state index in [4.69, 9.17) is 14.6 Å². The number of ether oxygens (including phenoxy) is 1. The molecule has 2 fully saturated rings. The van der Waals surface area contributed by atoms with Gasteiger partial charge in [-0.3, -0.25) is 19.5 Å². The number of nitrogens with zero attached hydrogens (tertiary/aromatic N) is 4. The number of carboxylic acid groups (broad SMARTS) is 1. The van der Waals surface area contributed by atoms with Crippen LogP contribution in [0, 0.1) is 0 Å². The average Bonchev–Trinajstić information content (AvgIpc) is 2.77. The lowest BCUT2D eigenvalue weighted by atomic mass is 10.1. The third kappa shape index (κ3) is 6.96. The normalized spacial score (nSPS) is 18.2. The van der Waals surface area contributed by atoms with Crippen LogP contribution in [-0.2, 0) is 14.3 Å². The minimum atomic E-state index is -0.250. The zero-order valence-electron chi connectivity index (χ0n) is 17.4. The molecule has 0 spiro atoms. The Hall–Kier alpha value is -2.72. The van der Waals surface area contributed by atoms with Crippen LogP contribution in [0.15, 0.2) is 24.4 Å². The molecular formula is C20H31N5O5. The molecule has 10 heteroatoms. The molecule has 3 rings (SSSR count). The van der Waals surface area contributed by atoms with E-state index in [9.17, 15) is 9.59 Å². The van der Waals surface area contributed by atoms with Gasteiger partial charge in [0.25, 0.3) is 6.47 Å². The van der Waals surface area contributed by atoms with Gasteiger partial charge in [-0.25, -0.2) is 4.79 Å². The molecule has 10 nitrogen and oxygen atoms in total. The third-order valence-corrected chi connectivity index (χ3v) is 5.06. The van der Waals surface area contributed by atoms with Crippen molar-refractivity contribution in [2.75, 3.05) is 59.0 Å². The Morgan fingerprint density at radius 1 is 1.30 bits per heavy atom. The number of nitrogens with one attached hydrogen (secondary N) is 1. The van der Waals surface area contributed by atoms with Crippen LogP contribution in [-0.4, -0.2) is 102 Å². The second-order valence-corrected chi connectivity index (χ2v) is 7.01. The molecule has 30 heavy (non-hydrogen) atoms. The summed E-state index contributed by atoms with van der Waals surface area (Å²) in [5.74, 6) is 0.0210. The molecule has 1 aromatic heterocycles. The van der Waals surface area contributed by atoms with Crippen molar-refractivity contribution in [3.63, 3.8) is 0 Å². The van der Waals surface area contributed by atoms with Gasteiger partial charge in [0, 0.05) is 45.5 Å². The van der Waals surface area contributed by atoms with Crippen molar-refractivity contribution in [2.45, 2.75) is 19.4 Å². The van der Waals surface area contributed by atoms with Gasteiger partial charge in [-0.1, -0.05) is 13.0 Å². The molecule has 1 aromatic rings. The minimum absolute atomic E-state index is 0.00358. The Labute approximate surface area is 176 Å². The van der Waals surface area contributed by atoms with E-state index in [1.165, 1.54) is 0 Å². The van der Waals surface area contributed by atoms with Crippen LogP contribution < -0.4 is 5.32 Å². The van der Waals surface area contributed by atoms with Crippen LogP contribution in [0.25, 0.3) is 0 Å². The molecule has 1 unspecified atom stereocenters. The van der Waals surface area contributed by atoms with Gasteiger partial charge in [-0.05, 0) is 18.6 Å². The summed E-state index contributed by atoms with van der Waals surface area (Å²) in [6.07, 6.45) is 2.71. The second kappa shape index (κ2) is 12.8. The van der Waals surface area contributed by atoms with Crippen LogP contribution in [0.2, 0.25) is 0 Å². The van der Waals surface area contributed by atoms with E-state index >= 15 is 0 Å². The zero-order chi connectivity index (χ0) is 21.8. The Morgan fingerprint density at radius 2 is 2.03 bits per heavy atom. The highest BCUT2D eigenvalue weighted by atomic mass is 16.5. The van der Waals surface area contributed by atoms with Gasteiger partial charge in [0.2, 0.25) is 5.91 Å². The monoisotopic (exact) mass is 421 g/mol. The van der Waals surface area contributed by atoms with Gasteiger partial charge < -0.3 is 25.0 Å². The lowest BCUT2D eigenvalue weighted by Gasteiger charge is -2.36. The molecule has 1 atom stereocenters. The molecule has 0 bridgehead atoms. The number of pyridine rings is 1. The highest BCUT2D eigenvalue weighted by Crippen LogP contribution is 2.19. The largest absolute Gasteiger partial charge is 0.483 e. The van der Waals surface area contributed by atoms with E-state index in [0.717, 1.165) is 31.7 Å². The molecule has 2 aliphatic rings. The Kier molecular flexibility index (Phi) is 10.0. The van der Waals surface area contributed by atoms with Crippen LogP contribution in [0.5, 0.6) is 0 Å². The number of rotatable bonds is 6. The predicted octanol–water partition coefficient (Wildman–Crippen LogP) is 0.420. The molecule has 0 aliphatic carbocycles. The molecule has 2 N–H and O–H groups in total. The Morgan fingerprint density at radius 3 is 2.63 bits per heavy atom. The molecule has 0 aromatic carbocycles. The average molecular weight is 421 g/mol. The van der Waals surface area contributed by atoms with Gasteiger partial charge in [0.1, 0.15) is 6.54 Å². The Balaban J connectivity index is 0.00000101. The van der Waals surface area contributed by atoms with E-state index in [0.29, 0.717) is 32.8 Å². The van der Waals surface area contributed by atoms with Crippen molar-refractivity contribution in [3.8, 4) is 0 Å². The van der Waals surface area contributed by atoms with Crippen molar-refractivity contribution in [1.82, 2.24) is 25.0 Å². The molecule has 0 saturated carbocycles. The number of carbonyl (C=O) groups excluding carboxylic acids is 2. The first-order chi connectivity index (χ1) is 14.6. The predicted molar refractivity (Wildman–Crippen MR) is 110 cm³/mol. The summed E-state index contributed by atoms with van der Waals surface area (Å²) in [5, 5.41) is 9.90. The van der Waals surface area contributed by atoms with Crippen LogP contribution in [0.3, 0.4) is 0 Å². The maximum atomic E-state index is 12.6. The lowest BCUT2D eigenvalue weighted by molar-refractivity contribution is -0.134. The minimum Gasteiger partial charge on any atom is -0.483 e. The van der Waals surface area contributed by atoms with Gasteiger partial charge in [-0.15, -0.1) is 0 Å². The van der Waals surface area contributed by atoms with Crippen molar-refractivity contribution >= 4 is 18.4 Å². The quantitative estimate of drug-likeness (QED) is 0.640. The molecule has 166 valence electrons. The van der Waals surface area contributed by atoms with E-state index < -0.39 is 0 Å². The molecule has 2 aliphatic heterocycles. The number of aromatic nitrogens is 1. The SMILES string of the molecule is CCCN1CCN(C(=O)NCC(c2ccccn2)N2CCOCC2)CC1=O.O=CO. The van der Waals surface area contributed by atoms with Crippen molar-refractivity contribution in [1.29, 1.82) is 0 Å². The maximum Gasteiger partial charge on any atom is 0.317 e. The fraction of sp³-hybridized carbons (Fsp3) is 0.600. The summed E-state index contributed by atoms with van der Waals surface area (Å²) >= 11 is 0. The number of hydrogen-bond donors (Lipinski definition) is 2. The van der Waals surface area contributed by atoms with Gasteiger partial charge in [0.15, 0.2) is 0 Å². The maximum absolute atomic E-state index is 12.6. The third-order valence-electron chi connectivity index (χ3n) is 5.06. The highest BCUT2D eigenvalue weighted by molar-refractivity contribution is 5.85. The Bertz CT molecular complexity index is 669. The van der Waals surface area contributed by atoms with Crippen LogP contribution >= 0.6 is 0 Å². The number of piperazine rings is 1. The first-order valence-corrected chi connectivity index (χ1v) is 10.2. The summed E-state index contributed by atoms with van der Waals surface area (Å²) in [6, 6.07) is 5.65. The van der Waals surface area contributed by atoms with E-state index in [1.54, 1.807) is 11.1 Å². The van der Waals surface area contributed by atoms with Gasteiger partial charge in [0.05, 0.1) is 24.9 Å². The van der Waals surface area contributed by atoms with Crippen LogP contribution in [0.1, 0.15) is 25.1 Å². The standard InChI is InChI=1S/C19H29N5O3.CH2O2/c1-2-7-23-8-9-24(15-18(23)25)19(26)21-14-17(16-5-3-4-6-20-16)22-10-12-27-13-11-22;2-1-3/h3-6,17H,2,7-15H2,1H3,(H,21,26);1H,(H,2,3). The molecule has 3 heterocycles. The first-order valence-electron chi connectivity index (χ1n) is 10.2. The molecular weight excluding hydrogens is 390 g/mol. The molecule has 2 saturated heterocycles. The molecule has 0 radical (unpaired) electrons. The fourth-order valence-corrected chi connectivity index (χ4v) is 3.57. The first kappa shape index (κ1) is 23.6. The smallest absolute Gasteiger partial charge is 0.317 e.